The number of imidazole rings is 1. The first-order valence-corrected chi connectivity index (χ1v) is 6.74. The van der Waals surface area contributed by atoms with Gasteiger partial charge in [-0.2, -0.15) is 0 Å². The van der Waals surface area contributed by atoms with Crippen LogP contribution in [0.3, 0.4) is 0 Å². The Bertz CT molecular complexity index is 759. The number of pyridine rings is 1. The third-order valence-electron chi connectivity index (χ3n) is 3.84. The molecule has 20 heavy (non-hydrogen) atoms. The highest BCUT2D eigenvalue weighted by Crippen LogP contribution is 2.26. The fraction of sp³-hybridized carbons (Fsp3) is 0.333. The lowest BCUT2D eigenvalue weighted by molar-refractivity contribution is 0.287. The molecule has 2 aromatic heterocycles. The van der Waals surface area contributed by atoms with E-state index in [0.29, 0.717) is 12.0 Å². The van der Waals surface area contributed by atoms with E-state index in [2.05, 4.69) is 46.5 Å². The molecule has 0 aliphatic rings. The van der Waals surface area contributed by atoms with E-state index in [4.69, 9.17) is 5.73 Å². The average Bonchev–Trinajstić information content (AvgIpc) is 2.75. The zero-order valence-electron chi connectivity index (χ0n) is 12.0. The lowest BCUT2D eigenvalue weighted by Crippen LogP contribution is -2.29. The quantitative estimate of drug-likeness (QED) is 0.791. The van der Waals surface area contributed by atoms with Gasteiger partial charge in [-0.25, -0.2) is 4.98 Å². The van der Waals surface area contributed by atoms with Crippen LogP contribution in [0.1, 0.15) is 6.92 Å². The molecule has 3 rings (SSSR count). The summed E-state index contributed by atoms with van der Waals surface area (Å²) < 4.78 is 2.09. The molecule has 2 N–H and O–H groups in total. The molecule has 0 spiro atoms. The number of para-hydroxylation sites is 1. The van der Waals surface area contributed by atoms with Crippen molar-refractivity contribution in [1.29, 1.82) is 0 Å². The molecule has 0 fully saturated rings. The number of aromatic nitrogens is 3. The van der Waals surface area contributed by atoms with E-state index < -0.39 is 0 Å². The van der Waals surface area contributed by atoms with E-state index in [-0.39, 0.29) is 0 Å². The Morgan fingerprint density at radius 1 is 1.25 bits per heavy atom. The molecule has 0 amide bonds. The van der Waals surface area contributed by atoms with Crippen LogP contribution in [0.2, 0.25) is 0 Å². The minimum Gasteiger partial charge on any atom is -0.369 e. The van der Waals surface area contributed by atoms with E-state index in [0.717, 1.165) is 28.5 Å². The number of nitrogens with zero attached hydrogens (tertiary/aromatic N) is 4. The van der Waals surface area contributed by atoms with Gasteiger partial charge in [-0.3, -0.25) is 4.98 Å². The predicted octanol–water partition coefficient (Wildman–Crippen LogP) is 2.12. The Morgan fingerprint density at radius 3 is 2.75 bits per heavy atom. The summed E-state index contributed by atoms with van der Waals surface area (Å²) in [5.41, 5.74) is 8.99. The highest BCUT2D eigenvalue weighted by atomic mass is 15.2. The van der Waals surface area contributed by atoms with Gasteiger partial charge in [0, 0.05) is 18.0 Å². The van der Waals surface area contributed by atoms with Gasteiger partial charge in [0.25, 0.3) is 0 Å². The Morgan fingerprint density at radius 2 is 2.00 bits per heavy atom. The zero-order chi connectivity index (χ0) is 14.3. The second-order valence-electron chi connectivity index (χ2n) is 5.40. The van der Waals surface area contributed by atoms with Crippen LogP contribution in [-0.2, 0) is 6.54 Å². The third-order valence-corrected chi connectivity index (χ3v) is 3.84. The molecule has 1 aromatic carbocycles. The highest BCUT2D eigenvalue weighted by molar-refractivity contribution is 6.02. The van der Waals surface area contributed by atoms with Gasteiger partial charge in [-0.1, -0.05) is 18.2 Å². The highest BCUT2D eigenvalue weighted by Gasteiger charge is 2.15. The van der Waals surface area contributed by atoms with Gasteiger partial charge >= 0.3 is 0 Å². The van der Waals surface area contributed by atoms with Crippen LogP contribution in [0.5, 0.6) is 0 Å². The summed E-state index contributed by atoms with van der Waals surface area (Å²) in [6.07, 6.45) is 1.80. The Balaban J connectivity index is 2.24. The molecular formula is C15H19N5. The number of rotatable bonds is 3. The molecule has 0 saturated heterocycles. The van der Waals surface area contributed by atoms with Crippen LogP contribution in [0.4, 0.5) is 5.95 Å². The monoisotopic (exact) mass is 269 g/mol. The summed E-state index contributed by atoms with van der Waals surface area (Å²) in [5.74, 6) is 0.548. The second-order valence-corrected chi connectivity index (χ2v) is 5.40. The fourth-order valence-corrected chi connectivity index (χ4v) is 2.39. The molecule has 1 atom stereocenters. The average molecular weight is 269 g/mol. The summed E-state index contributed by atoms with van der Waals surface area (Å²) in [6, 6.07) is 8.47. The molecule has 0 radical (unpaired) electrons. The molecule has 2 heterocycles. The molecule has 1 unspecified atom stereocenters. The predicted molar refractivity (Wildman–Crippen MR) is 82.6 cm³/mol. The van der Waals surface area contributed by atoms with E-state index in [1.165, 1.54) is 0 Å². The van der Waals surface area contributed by atoms with Crippen LogP contribution >= 0.6 is 0 Å². The fourth-order valence-electron chi connectivity index (χ4n) is 2.39. The number of benzene rings is 1. The maximum Gasteiger partial charge on any atom is 0.201 e. The van der Waals surface area contributed by atoms with Crippen LogP contribution in [0.15, 0.2) is 30.5 Å². The number of hydrogen-bond acceptors (Lipinski definition) is 4. The van der Waals surface area contributed by atoms with Crippen LogP contribution < -0.4 is 5.73 Å². The number of hydrogen-bond donors (Lipinski definition) is 1. The lowest BCUT2D eigenvalue weighted by Gasteiger charge is -2.21. The molecule has 0 aliphatic carbocycles. The van der Waals surface area contributed by atoms with E-state index in [1.54, 1.807) is 6.20 Å². The first-order valence-electron chi connectivity index (χ1n) is 6.74. The van der Waals surface area contributed by atoms with Gasteiger partial charge in [0.2, 0.25) is 5.95 Å². The maximum atomic E-state index is 6.10. The van der Waals surface area contributed by atoms with Gasteiger partial charge in [0.05, 0.1) is 17.2 Å². The standard InChI is InChI=1S/C15H19N5/c1-10(19(2)3)9-20-14-11-6-4-5-7-12(11)17-8-13(14)18-15(20)16/h4-8,10H,9H2,1-3H3,(H2,16,18). The van der Waals surface area contributed by atoms with Crippen LogP contribution in [-0.4, -0.2) is 39.6 Å². The number of fused-ring (bicyclic) bond motifs is 3. The van der Waals surface area contributed by atoms with Gasteiger partial charge in [-0.15, -0.1) is 0 Å². The van der Waals surface area contributed by atoms with E-state index >= 15 is 0 Å². The SMILES string of the molecule is CC(Cn1c(N)nc2cnc3ccccc3c21)N(C)C. The lowest BCUT2D eigenvalue weighted by atomic mass is 10.2. The molecule has 104 valence electrons. The molecule has 5 nitrogen and oxygen atoms in total. The summed E-state index contributed by atoms with van der Waals surface area (Å²) in [7, 11) is 4.14. The number of nitrogen functional groups attached to an aromatic ring is 1. The second kappa shape index (κ2) is 4.76. The van der Waals surface area contributed by atoms with Crippen molar-refractivity contribution in [3.8, 4) is 0 Å². The van der Waals surface area contributed by atoms with Crippen LogP contribution in [0.25, 0.3) is 21.9 Å². The molecule has 0 aliphatic heterocycles. The van der Waals surface area contributed by atoms with Gasteiger partial charge in [0.1, 0.15) is 5.52 Å². The first kappa shape index (κ1) is 12.9. The first-order chi connectivity index (χ1) is 9.58. The Hall–Kier alpha value is -2.14. The molecular weight excluding hydrogens is 250 g/mol. The minimum absolute atomic E-state index is 0.377. The maximum absolute atomic E-state index is 6.10. The summed E-state index contributed by atoms with van der Waals surface area (Å²) >= 11 is 0. The third kappa shape index (κ3) is 2.00. The summed E-state index contributed by atoms with van der Waals surface area (Å²) in [4.78, 5) is 11.0. The summed E-state index contributed by atoms with van der Waals surface area (Å²) in [6.45, 7) is 2.98. The minimum atomic E-state index is 0.377. The van der Waals surface area contributed by atoms with Gasteiger partial charge in [-0.05, 0) is 27.1 Å². The number of likely N-dealkylation sites (N-methyl/N-ethyl adjacent to an activating group) is 1. The molecule has 0 bridgehead atoms. The van der Waals surface area contributed by atoms with Crippen molar-refractivity contribution < 1.29 is 0 Å². The van der Waals surface area contributed by atoms with Crippen LogP contribution in [0, 0.1) is 0 Å². The normalized spacial score (nSPS) is 13.4. The molecule has 5 heteroatoms. The molecule has 3 aromatic rings. The van der Waals surface area contributed by atoms with E-state index in [1.807, 2.05) is 18.2 Å². The Labute approximate surface area is 118 Å². The van der Waals surface area contributed by atoms with Crippen molar-refractivity contribution in [3.05, 3.63) is 30.5 Å². The van der Waals surface area contributed by atoms with Crippen molar-refractivity contribution in [3.63, 3.8) is 0 Å². The van der Waals surface area contributed by atoms with Gasteiger partial charge < -0.3 is 15.2 Å². The largest absolute Gasteiger partial charge is 0.369 e. The number of nitrogens with two attached hydrogens (primary N) is 1. The van der Waals surface area contributed by atoms with Crippen molar-refractivity contribution in [2.24, 2.45) is 0 Å². The van der Waals surface area contributed by atoms with Gasteiger partial charge in [0.15, 0.2) is 0 Å². The smallest absolute Gasteiger partial charge is 0.201 e. The van der Waals surface area contributed by atoms with E-state index in [9.17, 15) is 0 Å². The van der Waals surface area contributed by atoms with Crippen molar-refractivity contribution in [1.82, 2.24) is 19.4 Å². The zero-order valence-corrected chi connectivity index (χ0v) is 12.0. The molecule has 0 saturated carbocycles. The topological polar surface area (TPSA) is 60.0 Å². The number of anilines is 1. The Kier molecular flexibility index (Phi) is 3.06. The summed E-state index contributed by atoms with van der Waals surface area (Å²) in [5, 5.41) is 1.10. The van der Waals surface area contributed by atoms with Crippen molar-refractivity contribution in [2.45, 2.75) is 19.5 Å². The van der Waals surface area contributed by atoms with Crippen molar-refractivity contribution in [2.75, 3.05) is 19.8 Å². The van der Waals surface area contributed by atoms with Crippen molar-refractivity contribution >= 4 is 27.9 Å².